The fourth-order valence-corrected chi connectivity index (χ4v) is 2.30. The smallest absolute Gasteiger partial charge is 0.145 e. The van der Waals surface area contributed by atoms with Crippen LogP contribution >= 0.6 is 0 Å². The molecule has 1 N–H and O–H groups in total. The topological polar surface area (TPSA) is 60.1 Å². The Bertz CT molecular complexity index is 476. The fourth-order valence-electron chi connectivity index (χ4n) is 2.30. The monoisotopic (exact) mass is 245 g/mol. The van der Waals surface area contributed by atoms with Gasteiger partial charge in [0.15, 0.2) is 0 Å². The standard InChI is InChI=1S/C14H19N3O/c1-11-4-5-13(16-12(11)10-15)17-8-3-6-14(2,18)7-9-17/h4-5,18H,3,6-9H2,1-2H3. The third-order valence-corrected chi connectivity index (χ3v) is 3.58. The molecule has 2 heterocycles. The van der Waals surface area contributed by atoms with Gasteiger partial charge in [-0.2, -0.15) is 5.26 Å². The first kappa shape index (κ1) is 12.8. The summed E-state index contributed by atoms with van der Waals surface area (Å²) in [4.78, 5) is 6.54. The van der Waals surface area contributed by atoms with Crippen molar-refractivity contribution in [1.82, 2.24) is 4.98 Å². The second-order valence-corrected chi connectivity index (χ2v) is 5.28. The van der Waals surface area contributed by atoms with Crippen LogP contribution in [0.15, 0.2) is 12.1 Å². The molecule has 1 fully saturated rings. The van der Waals surface area contributed by atoms with Crippen molar-refractivity contribution < 1.29 is 5.11 Å². The summed E-state index contributed by atoms with van der Waals surface area (Å²) in [5.41, 5.74) is 0.823. The normalized spacial score (nSPS) is 24.4. The van der Waals surface area contributed by atoms with E-state index in [1.807, 2.05) is 26.0 Å². The maximum absolute atomic E-state index is 10.1. The summed E-state index contributed by atoms with van der Waals surface area (Å²) in [6, 6.07) is 6.01. The molecule has 0 radical (unpaired) electrons. The van der Waals surface area contributed by atoms with Gasteiger partial charge in [-0.25, -0.2) is 4.98 Å². The van der Waals surface area contributed by atoms with Gasteiger partial charge in [0.2, 0.25) is 0 Å². The van der Waals surface area contributed by atoms with Crippen molar-refractivity contribution in [3.05, 3.63) is 23.4 Å². The van der Waals surface area contributed by atoms with Crippen LogP contribution in [0, 0.1) is 18.3 Å². The summed E-state index contributed by atoms with van der Waals surface area (Å²) in [7, 11) is 0. The molecule has 0 spiro atoms. The predicted octanol–water partition coefficient (Wildman–Crippen LogP) is 2.00. The van der Waals surface area contributed by atoms with E-state index in [4.69, 9.17) is 5.26 Å². The van der Waals surface area contributed by atoms with Crippen molar-refractivity contribution in [3.8, 4) is 6.07 Å². The number of hydrogen-bond donors (Lipinski definition) is 1. The van der Waals surface area contributed by atoms with Gasteiger partial charge in [0, 0.05) is 13.1 Å². The van der Waals surface area contributed by atoms with E-state index in [1.54, 1.807) is 0 Å². The van der Waals surface area contributed by atoms with Gasteiger partial charge in [0.05, 0.1) is 5.60 Å². The Morgan fingerprint density at radius 3 is 2.89 bits per heavy atom. The van der Waals surface area contributed by atoms with Crippen molar-refractivity contribution in [1.29, 1.82) is 5.26 Å². The van der Waals surface area contributed by atoms with Crippen molar-refractivity contribution in [2.45, 2.75) is 38.7 Å². The van der Waals surface area contributed by atoms with Crippen molar-refractivity contribution in [2.24, 2.45) is 0 Å². The minimum Gasteiger partial charge on any atom is -0.390 e. The molecule has 1 saturated heterocycles. The van der Waals surface area contributed by atoms with Gasteiger partial charge in [-0.1, -0.05) is 6.07 Å². The number of pyridine rings is 1. The first-order chi connectivity index (χ1) is 8.52. The first-order valence-corrected chi connectivity index (χ1v) is 6.37. The highest BCUT2D eigenvalue weighted by atomic mass is 16.3. The third kappa shape index (κ3) is 2.80. The highest BCUT2D eigenvalue weighted by Crippen LogP contribution is 2.24. The lowest BCUT2D eigenvalue weighted by Gasteiger charge is -2.23. The van der Waals surface area contributed by atoms with Crippen LogP contribution < -0.4 is 4.90 Å². The molecule has 0 aliphatic carbocycles. The number of hydrogen-bond acceptors (Lipinski definition) is 4. The van der Waals surface area contributed by atoms with Gasteiger partial charge in [-0.3, -0.25) is 0 Å². The van der Waals surface area contributed by atoms with Crippen LogP contribution in [0.5, 0.6) is 0 Å². The summed E-state index contributed by atoms with van der Waals surface area (Å²) < 4.78 is 0. The van der Waals surface area contributed by atoms with Crippen LogP contribution in [0.4, 0.5) is 5.82 Å². The van der Waals surface area contributed by atoms with E-state index in [-0.39, 0.29) is 0 Å². The molecule has 1 aliphatic rings. The molecule has 0 aromatic carbocycles. The Labute approximate surface area is 108 Å². The Balaban J connectivity index is 2.19. The van der Waals surface area contributed by atoms with E-state index in [1.165, 1.54) is 0 Å². The molecule has 0 amide bonds. The molecule has 2 rings (SSSR count). The molecular weight excluding hydrogens is 226 g/mol. The zero-order valence-electron chi connectivity index (χ0n) is 11.0. The van der Waals surface area contributed by atoms with Crippen LogP contribution in [0.25, 0.3) is 0 Å². The molecule has 18 heavy (non-hydrogen) atoms. The largest absolute Gasteiger partial charge is 0.390 e. The maximum Gasteiger partial charge on any atom is 0.145 e. The maximum atomic E-state index is 10.1. The predicted molar refractivity (Wildman–Crippen MR) is 70.4 cm³/mol. The van der Waals surface area contributed by atoms with Crippen LogP contribution in [-0.4, -0.2) is 28.8 Å². The Morgan fingerprint density at radius 2 is 2.17 bits per heavy atom. The van der Waals surface area contributed by atoms with Gasteiger partial charge in [0.25, 0.3) is 0 Å². The molecular formula is C14H19N3O. The second-order valence-electron chi connectivity index (χ2n) is 5.28. The van der Waals surface area contributed by atoms with E-state index < -0.39 is 5.60 Å². The van der Waals surface area contributed by atoms with Crippen molar-refractivity contribution >= 4 is 5.82 Å². The van der Waals surface area contributed by atoms with Crippen LogP contribution in [0.3, 0.4) is 0 Å². The molecule has 0 saturated carbocycles. The van der Waals surface area contributed by atoms with E-state index in [9.17, 15) is 5.11 Å². The van der Waals surface area contributed by atoms with Crippen LogP contribution in [0.1, 0.15) is 37.4 Å². The number of nitrogens with zero attached hydrogens (tertiary/aromatic N) is 3. The van der Waals surface area contributed by atoms with Crippen LogP contribution in [0.2, 0.25) is 0 Å². The van der Waals surface area contributed by atoms with E-state index in [0.29, 0.717) is 5.69 Å². The van der Waals surface area contributed by atoms with Crippen molar-refractivity contribution in [3.63, 3.8) is 0 Å². The lowest BCUT2D eigenvalue weighted by molar-refractivity contribution is 0.0481. The second kappa shape index (κ2) is 4.95. The lowest BCUT2D eigenvalue weighted by Crippen LogP contribution is -2.28. The Hall–Kier alpha value is -1.60. The van der Waals surface area contributed by atoms with Gasteiger partial charge >= 0.3 is 0 Å². The van der Waals surface area contributed by atoms with Crippen LogP contribution in [-0.2, 0) is 0 Å². The number of aryl methyl sites for hydroxylation is 1. The molecule has 1 aromatic rings. The molecule has 1 aromatic heterocycles. The summed E-state index contributed by atoms with van der Waals surface area (Å²) in [6.07, 6.45) is 2.51. The number of anilines is 1. The Morgan fingerprint density at radius 1 is 1.39 bits per heavy atom. The zero-order chi connectivity index (χ0) is 13.2. The number of aliphatic hydroxyl groups is 1. The third-order valence-electron chi connectivity index (χ3n) is 3.58. The summed E-state index contributed by atoms with van der Waals surface area (Å²) >= 11 is 0. The molecule has 1 aliphatic heterocycles. The van der Waals surface area contributed by atoms with Gasteiger partial charge in [-0.05, 0) is 44.7 Å². The van der Waals surface area contributed by atoms with E-state index in [0.717, 1.165) is 43.7 Å². The van der Waals surface area contributed by atoms with Gasteiger partial charge in [-0.15, -0.1) is 0 Å². The first-order valence-electron chi connectivity index (χ1n) is 6.37. The summed E-state index contributed by atoms with van der Waals surface area (Å²) in [5.74, 6) is 0.842. The lowest BCUT2D eigenvalue weighted by atomic mass is 9.98. The average Bonchev–Trinajstić information content (AvgIpc) is 2.51. The SMILES string of the molecule is Cc1ccc(N2CCCC(C)(O)CC2)nc1C#N. The van der Waals surface area contributed by atoms with E-state index >= 15 is 0 Å². The van der Waals surface area contributed by atoms with Gasteiger partial charge < -0.3 is 10.0 Å². The molecule has 1 unspecified atom stereocenters. The van der Waals surface area contributed by atoms with E-state index in [2.05, 4.69) is 16.0 Å². The highest BCUT2D eigenvalue weighted by molar-refractivity contribution is 5.45. The minimum absolute atomic E-state index is 0.489. The molecule has 4 nitrogen and oxygen atoms in total. The zero-order valence-corrected chi connectivity index (χ0v) is 11.0. The summed E-state index contributed by atoms with van der Waals surface area (Å²) in [5, 5.41) is 19.1. The number of aromatic nitrogens is 1. The molecule has 1 atom stereocenters. The van der Waals surface area contributed by atoms with Crippen molar-refractivity contribution in [2.75, 3.05) is 18.0 Å². The minimum atomic E-state index is -0.572. The Kier molecular flexibility index (Phi) is 3.53. The summed E-state index contributed by atoms with van der Waals surface area (Å²) in [6.45, 7) is 5.45. The highest BCUT2D eigenvalue weighted by Gasteiger charge is 2.25. The van der Waals surface area contributed by atoms with Gasteiger partial charge in [0.1, 0.15) is 17.6 Å². The molecule has 4 heteroatoms. The average molecular weight is 245 g/mol. The number of rotatable bonds is 1. The molecule has 0 bridgehead atoms. The number of nitriles is 1. The quantitative estimate of drug-likeness (QED) is 0.822. The molecule has 96 valence electrons. The fraction of sp³-hybridized carbons (Fsp3) is 0.571.